The van der Waals surface area contributed by atoms with Crippen molar-refractivity contribution in [3.05, 3.63) is 29.8 Å². The predicted octanol–water partition coefficient (Wildman–Crippen LogP) is 2.77. The van der Waals surface area contributed by atoms with Gasteiger partial charge in [0.1, 0.15) is 6.10 Å². The highest BCUT2D eigenvalue weighted by molar-refractivity contribution is 5.46. The molecule has 1 heterocycles. The number of rotatable bonds is 5. The van der Waals surface area contributed by atoms with Gasteiger partial charge in [0.05, 0.1) is 13.2 Å². The first-order chi connectivity index (χ1) is 8.88. The fourth-order valence-corrected chi connectivity index (χ4v) is 1.69. The molecular weight excluding hydrogens is 259 g/mol. The number of hydrogen-bond donors (Lipinski definition) is 0. The van der Waals surface area contributed by atoms with E-state index < -0.39 is 12.3 Å². The van der Waals surface area contributed by atoms with Crippen LogP contribution in [-0.4, -0.2) is 39.6 Å². The maximum Gasteiger partial charge on any atom is 0.418 e. The zero-order valence-electron chi connectivity index (χ0n) is 10.8. The second-order valence-electron chi connectivity index (χ2n) is 4.70. The van der Waals surface area contributed by atoms with E-state index in [1.54, 1.807) is 12.1 Å². The summed E-state index contributed by atoms with van der Waals surface area (Å²) in [4.78, 5) is 1.82. The molecule has 3 nitrogen and oxygen atoms in total. The van der Waals surface area contributed by atoms with Gasteiger partial charge < -0.3 is 14.4 Å². The molecule has 1 saturated heterocycles. The quantitative estimate of drug-likeness (QED) is 0.772. The molecular formula is C13H16F3NO2. The summed E-state index contributed by atoms with van der Waals surface area (Å²) in [7, 11) is 3.66. The van der Waals surface area contributed by atoms with Gasteiger partial charge in [0.2, 0.25) is 0 Å². The van der Waals surface area contributed by atoms with Crippen LogP contribution in [-0.2, 0) is 9.47 Å². The van der Waals surface area contributed by atoms with Crippen molar-refractivity contribution in [1.82, 2.24) is 0 Å². The fraction of sp³-hybridized carbons (Fsp3) is 0.538. The number of epoxide rings is 1. The van der Waals surface area contributed by atoms with Gasteiger partial charge in [0, 0.05) is 19.8 Å². The highest BCUT2D eigenvalue weighted by atomic mass is 19.4. The van der Waals surface area contributed by atoms with Gasteiger partial charge in [-0.15, -0.1) is 0 Å². The van der Waals surface area contributed by atoms with E-state index in [1.807, 2.05) is 19.0 Å². The summed E-state index contributed by atoms with van der Waals surface area (Å²) < 4.78 is 48.7. The standard InChI is InChI=1S/C13H16F3NO2/c1-17(2)10-5-3-9(4-6-10)12(13(14,15)16)19-8-11-7-18-11/h3-6,11-12H,7-8H2,1-2H3/t11-,12+/m0/s1. The van der Waals surface area contributed by atoms with Gasteiger partial charge in [0.25, 0.3) is 0 Å². The number of halogens is 3. The molecule has 1 aliphatic heterocycles. The molecule has 1 fully saturated rings. The molecule has 19 heavy (non-hydrogen) atoms. The Kier molecular flexibility index (Phi) is 4.01. The van der Waals surface area contributed by atoms with E-state index in [9.17, 15) is 13.2 Å². The molecule has 1 aromatic rings. The number of ether oxygens (including phenoxy) is 2. The lowest BCUT2D eigenvalue weighted by Crippen LogP contribution is -2.25. The molecule has 6 heteroatoms. The van der Waals surface area contributed by atoms with Crippen LogP contribution in [0.15, 0.2) is 24.3 Å². The lowest BCUT2D eigenvalue weighted by atomic mass is 10.1. The predicted molar refractivity (Wildman–Crippen MR) is 65.3 cm³/mol. The molecule has 0 aromatic heterocycles. The summed E-state index contributed by atoms with van der Waals surface area (Å²) in [6, 6.07) is 6.18. The maximum atomic E-state index is 13.0. The normalized spacial score (nSPS) is 20.2. The summed E-state index contributed by atoms with van der Waals surface area (Å²) >= 11 is 0. The van der Waals surface area contributed by atoms with Gasteiger partial charge >= 0.3 is 6.18 Å². The Morgan fingerprint density at radius 2 is 1.89 bits per heavy atom. The highest BCUT2D eigenvalue weighted by Crippen LogP contribution is 2.37. The Labute approximate surface area is 109 Å². The topological polar surface area (TPSA) is 25.0 Å². The van der Waals surface area contributed by atoms with Crippen LogP contribution in [0.5, 0.6) is 0 Å². The Hall–Kier alpha value is -1.27. The highest BCUT2D eigenvalue weighted by Gasteiger charge is 2.43. The average Bonchev–Trinajstić information content (AvgIpc) is 3.12. The van der Waals surface area contributed by atoms with E-state index in [-0.39, 0.29) is 18.3 Å². The molecule has 1 aliphatic rings. The lowest BCUT2D eigenvalue weighted by molar-refractivity contribution is -0.224. The van der Waals surface area contributed by atoms with Crippen LogP contribution in [0.2, 0.25) is 0 Å². The van der Waals surface area contributed by atoms with Crippen LogP contribution in [0.25, 0.3) is 0 Å². The third kappa shape index (κ3) is 3.84. The Balaban J connectivity index is 2.11. The fourth-order valence-electron chi connectivity index (χ4n) is 1.69. The van der Waals surface area contributed by atoms with Crippen LogP contribution in [0.1, 0.15) is 11.7 Å². The third-order valence-electron chi connectivity index (χ3n) is 2.86. The van der Waals surface area contributed by atoms with Crippen LogP contribution >= 0.6 is 0 Å². The summed E-state index contributed by atoms with van der Waals surface area (Å²) in [5.74, 6) is 0. The molecule has 0 unspecified atom stereocenters. The third-order valence-corrected chi connectivity index (χ3v) is 2.86. The van der Waals surface area contributed by atoms with E-state index in [1.165, 1.54) is 12.1 Å². The van der Waals surface area contributed by atoms with Gasteiger partial charge in [-0.05, 0) is 17.7 Å². The molecule has 0 amide bonds. The second kappa shape index (κ2) is 5.38. The number of hydrogen-bond acceptors (Lipinski definition) is 3. The molecule has 2 rings (SSSR count). The molecule has 0 spiro atoms. The van der Waals surface area contributed by atoms with Crippen LogP contribution < -0.4 is 4.90 Å². The summed E-state index contributed by atoms with van der Waals surface area (Å²) in [6.45, 7) is 0.448. The second-order valence-corrected chi connectivity index (χ2v) is 4.70. The van der Waals surface area contributed by atoms with Crippen molar-refractivity contribution < 1.29 is 22.6 Å². The van der Waals surface area contributed by atoms with Crippen LogP contribution in [0.4, 0.5) is 18.9 Å². The Bertz CT molecular complexity index is 413. The number of anilines is 1. The zero-order chi connectivity index (χ0) is 14.0. The van der Waals surface area contributed by atoms with Crippen molar-refractivity contribution in [1.29, 1.82) is 0 Å². The van der Waals surface area contributed by atoms with E-state index >= 15 is 0 Å². The first-order valence-electron chi connectivity index (χ1n) is 5.95. The zero-order valence-corrected chi connectivity index (χ0v) is 10.8. The van der Waals surface area contributed by atoms with Gasteiger partial charge in [-0.3, -0.25) is 0 Å². The number of benzene rings is 1. The Morgan fingerprint density at radius 1 is 1.32 bits per heavy atom. The first-order valence-corrected chi connectivity index (χ1v) is 5.95. The monoisotopic (exact) mass is 275 g/mol. The molecule has 2 atom stereocenters. The largest absolute Gasteiger partial charge is 0.418 e. The number of nitrogens with zero attached hydrogens (tertiary/aromatic N) is 1. The van der Waals surface area contributed by atoms with Gasteiger partial charge in [-0.25, -0.2) is 0 Å². The lowest BCUT2D eigenvalue weighted by Gasteiger charge is -2.22. The molecule has 0 bridgehead atoms. The van der Waals surface area contributed by atoms with Crippen molar-refractivity contribution in [2.75, 3.05) is 32.2 Å². The SMILES string of the molecule is CN(C)c1ccc([C@@H](OC[C@@H]2CO2)C(F)(F)F)cc1. The molecule has 106 valence electrons. The summed E-state index contributed by atoms with van der Waals surface area (Å²) in [5.41, 5.74) is 0.953. The van der Waals surface area contributed by atoms with Crippen molar-refractivity contribution in [2.24, 2.45) is 0 Å². The number of alkyl halides is 3. The molecule has 0 N–H and O–H groups in total. The van der Waals surface area contributed by atoms with E-state index in [0.29, 0.717) is 6.61 Å². The Morgan fingerprint density at radius 3 is 2.32 bits per heavy atom. The van der Waals surface area contributed by atoms with E-state index in [0.717, 1.165) is 5.69 Å². The van der Waals surface area contributed by atoms with Gasteiger partial charge in [0.15, 0.2) is 6.10 Å². The average molecular weight is 275 g/mol. The van der Waals surface area contributed by atoms with Crippen molar-refractivity contribution >= 4 is 5.69 Å². The maximum absolute atomic E-state index is 13.0. The minimum absolute atomic E-state index is 0.0282. The van der Waals surface area contributed by atoms with Crippen molar-refractivity contribution in [2.45, 2.75) is 18.4 Å². The van der Waals surface area contributed by atoms with Crippen molar-refractivity contribution in [3.63, 3.8) is 0 Å². The minimum atomic E-state index is -4.42. The minimum Gasteiger partial charge on any atom is -0.378 e. The molecule has 0 aliphatic carbocycles. The smallest absolute Gasteiger partial charge is 0.378 e. The van der Waals surface area contributed by atoms with Crippen molar-refractivity contribution in [3.8, 4) is 0 Å². The van der Waals surface area contributed by atoms with Crippen LogP contribution in [0, 0.1) is 0 Å². The van der Waals surface area contributed by atoms with Gasteiger partial charge in [-0.1, -0.05) is 12.1 Å². The van der Waals surface area contributed by atoms with Gasteiger partial charge in [-0.2, -0.15) is 13.2 Å². The first kappa shape index (κ1) is 14.1. The summed E-state index contributed by atoms with van der Waals surface area (Å²) in [5, 5.41) is 0. The van der Waals surface area contributed by atoms with E-state index in [4.69, 9.17) is 9.47 Å². The molecule has 0 saturated carbocycles. The summed E-state index contributed by atoms with van der Waals surface area (Å²) in [6.07, 6.45) is -6.51. The molecule has 1 aromatic carbocycles. The molecule has 0 radical (unpaired) electrons. The van der Waals surface area contributed by atoms with Crippen LogP contribution in [0.3, 0.4) is 0 Å². The van der Waals surface area contributed by atoms with E-state index in [2.05, 4.69) is 0 Å².